The minimum absolute atomic E-state index is 0. The Morgan fingerprint density at radius 2 is 1.62 bits per heavy atom. The molecule has 0 amide bonds. The molecule has 2 nitrogen and oxygen atoms in total. The zero-order valence-electron chi connectivity index (χ0n) is 8.88. The van der Waals surface area contributed by atoms with Crippen molar-refractivity contribution in [1.82, 2.24) is 9.80 Å². The molecule has 0 unspecified atom stereocenters. The first-order chi connectivity index (χ1) is 5.61. The van der Waals surface area contributed by atoms with E-state index in [1.165, 1.54) is 25.9 Å². The van der Waals surface area contributed by atoms with E-state index in [2.05, 4.69) is 37.7 Å². The Balaban J connectivity index is 0.00000144. The van der Waals surface area contributed by atoms with E-state index in [4.69, 9.17) is 0 Å². The topological polar surface area (TPSA) is 6.48 Å². The summed E-state index contributed by atoms with van der Waals surface area (Å²) in [6.45, 7) is 7.13. The monoisotopic (exact) mass is 186 g/mol. The molecule has 0 aliphatic carbocycles. The smallest absolute Gasteiger partial charge is 0.0113 e. The maximum Gasteiger partial charge on any atom is 0.0113 e. The molecule has 0 aromatic rings. The lowest BCUT2D eigenvalue weighted by Gasteiger charge is -2.37. The van der Waals surface area contributed by atoms with Gasteiger partial charge in [-0.05, 0) is 53.9 Å². The van der Waals surface area contributed by atoms with Gasteiger partial charge in [0.05, 0.1) is 0 Å². The lowest BCUT2D eigenvalue weighted by atomic mass is 10.0. The largest absolute Gasteiger partial charge is 0.306 e. The molecule has 1 aliphatic heterocycles. The lowest BCUT2D eigenvalue weighted by molar-refractivity contribution is 0.121. The summed E-state index contributed by atoms with van der Waals surface area (Å²) in [4.78, 5) is 4.93. The van der Waals surface area contributed by atoms with Gasteiger partial charge in [-0.25, -0.2) is 0 Å². The minimum Gasteiger partial charge on any atom is -0.306 e. The maximum absolute atomic E-state index is 2.57. The minimum atomic E-state index is 0. The van der Waals surface area contributed by atoms with Crippen LogP contribution in [-0.2, 0) is 0 Å². The number of nitrogens with zero attached hydrogens (tertiary/aromatic N) is 2. The number of piperidine rings is 1. The Morgan fingerprint density at radius 1 is 1.15 bits per heavy atom. The fourth-order valence-corrected chi connectivity index (χ4v) is 1.92. The summed E-state index contributed by atoms with van der Waals surface area (Å²) >= 11 is 0. The van der Waals surface area contributed by atoms with E-state index < -0.39 is 0 Å². The molecule has 0 aromatic heterocycles. The van der Waals surface area contributed by atoms with Crippen molar-refractivity contribution in [2.75, 3.05) is 27.2 Å². The van der Waals surface area contributed by atoms with E-state index in [1.807, 2.05) is 0 Å². The molecule has 0 bridgehead atoms. The van der Waals surface area contributed by atoms with Crippen LogP contribution in [0.15, 0.2) is 0 Å². The Kier molecular flexibility index (Phi) is 5.57. The molecular formula is C11H26N2. The summed E-state index contributed by atoms with van der Waals surface area (Å²) in [5.41, 5.74) is 0. The molecule has 0 spiro atoms. The second-order valence-corrected chi connectivity index (χ2v) is 4.32. The van der Waals surface area contributed by atoms with Crippen LogP contribution in [0.2, 0.25) is 0 Å². The SMILES string of the molecule is C.CC(C)N1CCC(N(C)C)CC1. The fourth-order valence-electron chi connectivity index (χ4n) is 1.92. The van der Waals surface area contributed by atoms with Crippen molar-refractivity contribution < 1.29 is 0 Å². The maximum atomic E-state index is 2.57. The van der Waals surface area contributed by atoms with Crippen molar-refractivity contribution >= 4 is 0 Å². The third-order valence-electron chi connectivity index (χ3n) is 2.96. The van der Waals surface area contributed by atoms with Crippen molar-refractivity contribution in [2.24, 2.45) is 0 Å². The molecule has 0 atom stereocenters. The molecule has 1 fully saturated rings. The van der Waals surface area contributed by atoms with Crippen molar-refractivity contribution in [2.45, 2.75) is 46.2 Å². The molecule has 1 aliphatic rings. The predicted octanol–water partition coefficient (Wildman–Crippen LogP) is 2.06. The summed E-state index contributed by atoms with van der Waals surface area (Å²) in [5, 5.41) is 0. The van der Waals surface area contributed by atoms with Gasteiger partial charge in [0.2, 0.25) is 0 Å². The van der Waals surface area contributed by atoms with Crippen LogP contribution in [0.1, 0.15) is 34.1 Å². The lowest BCUT2D eigenvalue weighted by Crippen LogP contribution is -2.44. The first-order valence-corrected chi connectivity index (χ1v) is 5.01. The molecule has 2 heteroatoms. The summed E-state index contributed by atoms with van der Waals surface area (Å²) in [6, 6.07) is 1.55. The van der Waals surface area contributed by atoms with Gasteiger partial charge in [0, 0.05) is 12.1 Å². The number of hydrogen-bond acceptors (Lipinski definition) is 2. The molecule has 13 heavy (non-hydrogen) atoms. The third kappa shape index (κ3) is 3.65. The van der Waals surface area contributed by atoms with Crippen LogP contribution >= 0.6 is 0 Å². The molecule has 0 N–H and O–H groups in total. The summed E-state index contributed by atoms with van der Waals surface area (Å²) in [7, 11) is 4.38. The van der Waals surface area contributed by atoms with Gasteiger partial charge in [0.1, 0.15) is 0 Å². The van der Waals surface area contributed by atoms with Gasteiger partial charge >= 0.3 is 0 Å². The van der Waals surface area contributed by atoms with Crippen molar-refractivity contribution in [3.05, 3.63) is 0 Å². The molecule has 0 aromatic carbocycles. The first kappa shape index (κ1) is 12.9. The van der Waals surface area contributed by atoms with E-state index in [9.17, 15) is 0 Å². The highest BCUT2D eigenvalue weighted by atomic mass is 15.2. The zero-order chi connectivity index (χ0) is 9.14. The van der Waals surface area contributed by atoms with Gasteiger partial charge in [-0.15, -0.1) is 0 Å². The standard InChI is InChI=1S/C10H22N2.CH4/c1-9(2)12-7-5-10(6-8-12)11(3)4;/h9-10H,5-8H2,1-4H3;1H4. The Labute approximate surface area is 83.9 Å². The Morgan fingerprint density at radius 3 is 1.92 bits per heavy atom. The van der Waals surface area contributed by atoms with Gasteiger partial charge in [0.25, 0.3) is 0 Å². The van der Waals surface area contributed by atoms with E-state index >= 15 is 0 Å². The van der Waals surface area contributed by atoms with Gasteiger partial charge in [-0.3, -0.25) is 0 Å². The van der Waals surface area contributed by atoms with E-state index in [0.29, 0.717) is 0 Å². The highest BCUT2D eigenvalue weighted by Gasteiger charge is 2.21. The molecular weight excluding hydrogens is 160 g/mol. The number of likely N-dealkylation sites (tertiary alicyclic amines) is 1. The quantitative estimate of drug-likeness (QED) is 0.651. The molecule has 0 saturated carbocycles. The van der Waals surface area contributed by atoms with Crippen LogP contribution < -0.4 is 0 Å². The second-order valence-electron chi connectivity index (χ2n) is 4.32. The number of hydrogen-bond donors (Lipinski definition) is 0. The van der Waals surface area contributed by atoms with Gasteiger partial charge in [0.15, 0.2) is 0 Å². The van der Waals surface area contributed by atoms with Gasteiger partial charge in [-0.1, -0.05) is 7.43 Å². The van der Waals surface area contributed by atoms with E-state index in [0.717, 1.165) is 12.1 Å². The second kappa shape index (κ2) is 5.61. The molecule has 1 saturated heterocycles. The Hall–Kier alpha value is -0.0800. The van der Waals surface area contributed by atoms with Gasteiger partial charge < -0.3 is 9.80 Å². The first-order valence-electron chi connectivity index (χ1n) is 5.01. The van der Waals surface area contributed by atoms with Crippen molar-refractivity contribution in [3.8, 4) is 0 Å². The molecule has 0 radical (unpaired) electrons. The highest BCUT2D eigenvalue weighted by Crippen LogP contribution is 2.15. The molecule has 80 valence electrons. The average Bonchev–Trinajstić information content (AvgIpc) is 2.04. The van der Waals surface area contributed by atoms with Crippen molar-refractivity contribution in [3.63, 3.8) is 0 Å². The van der Waals surface area contributed by atoms with Crippen LogP contribution in [0, 0.1) is 0 Å². The van der Waals surface area contributed by atoms with Crippen LogP contribution in [0.4, 0.5) is 0 Å². The average molecular weight is 186 g/mol. The zero-order valence-corrected chi connectivity index (χ0v) is 8.88. The predicted molar refractivity (Wildman–Crippen MR) is 60.1 cm³/mol. The van der Waals surface area contributed by atoms with Crippen LogP contribution in [0.5, 0.6) is 0 Å². The van der Waals surface area contributed by atoms with Crippen LogP contribution in [0.25, 0.3) is 0 Å². The molecule has 1 rings (SSSR count). The third-order valence-corrected chi connectivity index (χ3v) is 2.96. The van der Waals surface area contributed by atoms with Crippen LogP contribution in [0.3, 0.4) is 0 Å². The highest BCUT2D eigenvalue weighted by molar-refractivity contribution is 4.78. The normalized spacial score (nSPS) is 20.8. The van der Waals surface area contributed by atoms with Gasteiger partial charge in [-0.2, -0.15) is 0 Å². The fraction of sp³-hybridized carbons (Fsp3) is 1.00. The summed E-state index contributed by atoms with van der Waals surface area (Å²) in [6.07, 6.45) is 2.68. The van der Waals surface area contributed by atoms with E-state index in [1.54, 1.807) is 0 Å². The van der Waals surface area contributed by atoms with Crippen molar-refractivity contribution in [1.29, 1.82) is 0 Å². The summed E-state index contributed by atoms with van der Waals surface area (Å²) < 4.78 is 0. The Bertz CT molecular complexity index is 108. The summed E-state index contributed by atoms with van der Waals surface area (Å²) in [5.74, 6) is 0. The number of rotatable bonds is 2. The molecule has 1 heterocycles. The van der Waals surface area contributed by atoms with Crippen LogP contribution in [-0.4, -0.2) is 49.1 Å². The van der Waals surface area contributed by atoms with E-state index in [-0.39, 0.29) is 7.43 Å².